The van der Waals surface area contributed by atoms with Gasteiger partial charge in [0, 0.05) is 25.7 Å². The molecule has 0 rings (SSSR count). The summed E-state index contributed by atoms with van der Waals surface area (Å²) in [5.41, 5.74) is 0. The van der Waals surface area contributed by atoms with E-state index in [1.807, 2.05) is 0 Å². The summed E-state index contributed by atoms with van der Waals surface area (Å²) in [6.07, 6.45) is 62.3. The number of phosphoric acid groups is 2. The Morgan fingerprint density at radius 2 is 0.433 bits per heavy atom. The highest BCUT2D eigenvalue weighted by molar-refractivity contribution is 7.47. The minimum absolute atomic E-state index is 0.107. The molecule has 104 heavy (non-hydrogen) atoms. The van der Waals surface area contributed by atoms with Crippen molar-refractivity contribution in [2.24, 2.45) is 23.7 Å². The van der Waals surface area contributed by atoms with Crippen LogP contribution >= 0.6 is 15.6 Å². The third kappa shape index (κ3) is 72.9. The van der Waals surface area contributed by atoms with E-state index in [2.05, 4.69) is 55.4 Å². The maximum atomic E-state index is 13.1. The molecule has 0 fully saturated rings. The van der Waals surface area contributed by atoms with Crippen LogP contribution in [0, 0.1) is 23.7 Å². The summed E-state index contributed by atoms with van der Waals surface area (Å²) in [7, 11) is -9.93. The van der Waals surface area contributed by atoms with E-state index in [4.69, 9.17) is 37.0 Å². The summed E-state index contributed by atoms with van der Waals surface area (Å²) in [5.74, 6) is 1.15. The molecule has 19 heteroatoms. The van der Waals surface area contributed by atoms with E-state index >= 15 is 0 Å². The van der Waals surface area contributed by atoms with Gasteiger partial charge in [-0.25, -0.2) is 9.13 Å². The van der Waals surface area contributed by atoms with Gasteiger partial charge in [0.15, 0.2) is 12.2 Å². The lowest BCUT2D eigenvalue weighted by molar-refractivity contribution is -0.161. The second-order valence-corrected chi connectivity index (χ2v) is 34.4. The van der Waals surface area contributed by atoms with Crippen LogP contribution in [-0.2, 0) is 65.4 Å². The summed E-state index contributed by atoms with van der Waals surface area (Å²) < 4.78 is 68.8. The van der Waals surface area contributed by atoms with Crippen LogP contribution in [0.15, 0.2) is 0 Å². The lowest BCUT2D eigenvalue weighted by atomic mass is 9.99. The molecule has 17 nitrogen and oxygen atoms in total. The Morgan fingerprint density at radius 1 is 0.260 bits per heavy atom. The van der Waals surface area contributed by atoms with Gasteiger partial charge in [-0.05, 0) is 49.4 Å². The molecule has 0 heterocycles. The Hall–Kier alpha value is -1.94. The Morgan fingerprint density at radius 3 is 0.635 bits per heavy atom. The van der Waals surface area contributed by atoms with Crippen LogP contribution in [0.1, 0.15) is 441 Å². The number of hydrogen-bond acceptors (Lipinski definition) is 15. The van der Waals surface area contributed by atoms with E-state index in [0.29, 0.717) is 25.7 Å². The Bertz CT molecular complexity index is 2030. The number of ether oxygens (including phenoxy) is 4. The predicted octanol–water partition coefficient (Wildman–Crippen LogP) is 25.6. The van der Waals surface area contributed by atoms with Crippen LogP contribution in [0.3, 0.4) is 0 Å². The SMILES string of the molecule is CCC(C)CCCCCCCCCCCCCCCCCCCCC(=O)O[C@H](COC(=O)CCCCCCCCCCCCC(C)CC)COP(=O)(O)OC[C@@H](O)COP(=O)(O)OC[C@@H](COC(=O)CCCCCCCCC(C)CC)OC(=O)CCCCCCCCCCCCCCCCC(C)CC. The Balaban J connectivity index is 5.22. The molecule has 3 N–H and O–H groups in total. The molecule has 0 aromatic heterocycles. The summed E-state index contributed by atoms with van der Waals surface area (Å²) >= 11 is 0. The number of aliphatic hydroxyl groups is 1. The molecule has 0 amide bonds. The van der Waals surface area contributed by atoms with Crippen molar-refractivity contribution in [2.75, 3.05) is 39.6 Å². The monoisotopic (exact) mass is 1520 g/mol. The van der Waals surface area contributed by atoms with E-state index < -0.39 is 97.5 Å². The van der Waals surface area contributed by atoms with Crippen molar-refractivity contribution < 1.29 is 80.2 Å². The van der Waals surface area contributed by atoms with Gasteiger partial charge in [-0.1, -0.05) is 389 Å². The number of unbranched alkanes of at least 4 members (excludes halogenated alkanes) is 44. The van der Waals surface area contributed by atoms with E-state index in [1.165, 1.54) is 238 Å². The first-order chi connectivity index (χ1) is 50.2. The maximum absolute atomic E-state index is 13.1. The highest BCUT2D eigenvalue weighted by Crippen LogP contribution is 2.45. The van der Waals surface area contributed by atoms with E-state index in [1.54, 1.807) is 0 Å². The molecule has 9 atom stereocenters. The summed E-state index contributed by atoms with van der Waals surface area (Å²) in [4.78, 5) is 73.2. The van der Waals surface area contributed by atoms with Gasteiger partial charge in [0.2, 0.25) is 0 Å². The van der Waals surface area contributed by atoms with Crippen LogP contribution in [0.2, 0.25) is 0 Å². The molecule has 0 bridgehead atoms. The molecular formula is C85H166O17P2. The number of carbonyl (C=O) groups is 4. The van der Waals surface area contributed by atoms with Gasteiger partial charge in [0.1, 0.15) is 19.3 Å². The van der Waals surface area contributed by atoms with Crippen molar-refractivity contribution in [1.82, 2.24) is 0 Å². The first-order valence-corrected chi connectivity index (χ1v) is 46.8. The number of carbonyl (C=O) groups excluding carboxylic acids is 4. The molecule has 0 aromatic rings. The summed E-state index contributed by atoms with van der Waals surface area (Å²) in [6.45, 7) is 14.4. The van der Waals surface area contributed by atoms with Crippen molar-refractivity contribution >= 4 is 39.5 Å². The fourth-order valence-electron chi connectivity index (χ4n) is 13.0. The number of hydrogen-bond donors (Lipinski definition) is 3. The van der Waals surface area contributed by atoms with Crippen molar-refractivity contribution in [3.63, 3.8) is 0 Å². The van der Waals surface area contributed by atoms with Crippen molar-refractivity contribution in [3.05, 3.63) is 0 Å². The quantitative estimate of drug-likeness (QED) is 0.0222. The molecule has 0 aliphatic carbocycles. The fraction of sp³-hybridized carbons (Fsp3) is 0.953. The molecule has 0 radical (unpaired) electrons. The number of esters is 4. The van der Waals surface area contributed by atoms with Crippen LogP contribution in [0.4, 0.5) is 0 Å². The lowest BCUT2D eigenvalue weighted by Crippen LogP contribution is -2.30. The van der Waals surface area contributed by atoms with Gasteiger partial charge < -0.3 is 33.8 Å². The zero-order chi connectivity index (χ0) is 76.7. The normalized spacial score (nSPS) is 15.0. The third-order valence-corrected chi connectivity index (χ3v) is 23.2. The van der Waals surface area contributed by atoms with Crippen LogP contribution < -0.4 is 0 Å². The highest BCUT2D eigenvalue weighted by Gasteiger charge is 2.31. The van der Waals surface area contributed by atoms with E-state index in [-0.39, 0.29) is 25.7 Å². The lowest BCUT2D eigenvalue weighted by Gasteiger charge is -2.21. The number of phosphoric ester groups is 2. The second kappa shape index (κ2) is 73.8. The number of aliphatic hydroxyl groups excluding tert-OH is 1. The van der Waals surface area contributed by atoms with Crippen LogP contribution in [0.5, 0.6) is 0 Å². The zero-order valence-corrected chi connectivity index (χ0v) is 70.5. The average molecular weight is 1520 g/mol. The van der Waals surface area contributed by atoms with Gasteiger partial charge in [-0.3, -0.25) is 37.3 Å². The van der Waals surface area contributed by atoms with Gasteiger partial charge in [-0.2, -0.15) is 0 Å². The fourth-order valence-corrected chi connectivity index (χ4v) is 14.6. The average Bonchev–Trinajstić information content (AvgIpc) is 0.921. The molecule has 0 spiro atoms. The standard InChI is InChI=1S/C85H166O17P2/c1-9-75(5)61-53-45-37-31-25-21-17-15-13-14-16-18-23-27-35-41-51-59-67-84(89)101-80(71-95-82(87)65-57-49-40-34-30-29-33-39-47-55-63-77(7)11-3)73-99-103(91,92)97-69-79(86)70-98-104(93,94)100-74-81(72-96-83(88)66-58-50-44-43-48-56-64-78(8)12-4)102-85(90)68-60-52-42-36-28-24-20-19-22-26-32-38-46-54-62-76(6)10-2/h75-81,86H,9-74H2,1-8H3,(H,91,92)(H,93,94)/t75?,76?,77?,78?,79-,80-,81-/m1/s1. The van der Waals surface area contributed by atoms with Crippen molar-refractivity contribution in [3.8, 4) is 0 Å². The molecule has 618 valence electrons. The smallest absolute Gasteiger partial charge is 0.462 e. The minimum atomic E-state index is -4.97. The molecule has 0 saturated heterocycles. The minimum Gasteiger partial charge on any atom is -0.462 e. The van der Waals surface area contributed by atoms with Crippen LogP contribution in [0.25, 0.3) is 0 Å². The van der Waals surface area contributed by atoms with Gasteiger partial charge in [-0.15, -0.1) is 0 Å². The summed E-state index contributed by atoms with van der Waals surface area (Å²) in [6, 6.07) is 0. The van der Waals surface area contributed by atoms with Gasteiger partial charge in [0.05, 0.1) is 26.4 Å². The Kier molecular flexibility index (Phi) is 72.5. The van der Waals surface area contributed by atoms with Gasteiger partial charge in [0.25, 0.3) is 0 Å². The maximum Gasteiger partial charge on any atom is 0.472 e. The topological polar surface area (TPSA) is 237 Å². The van der Waals surface area contributed by atoms with Crippen LogP contribution in [-0.4, -0.2) is 96.7 Å². The first-order valence-electron chi connectivity index (χ1n) is 43.9. The third-order valence-electron chi connectivity index (χ3n) is 21.3. The molecule has 0 saturated carbocycles. The van der Waals surface area contributed by atoms with Crippen molar-refractivity contribution in [2.45, 2.75) is 459 Å². The largest absolute Gasteiger partial charge is 0.472 e. The molecule has 0 aromatic carbocycles. The number of rotatable bonds is 82. The second-order valence-electron chi connectivity index (χ2n) is 31.5. The molecule has 0 aliphatic rings. The first kappa shape index (κ1) is 102. The highest BCUT2D eigenvalue weighted by atomic mass is 31.2. The van der Waals surface area contributed by atoms with Gasteiger partial charge >= 0.3 is 39.5 Å². The van der Waals surface area contributed by atoms with Crippen molar-refractivity contribution in [1.29, 1.82) is 0 Å². The molecule has 0 aliphatic heterocycles. The van der Waals surface area contributed by atoms with E-state index in [0.717, 1.165) is 120 Å². The Labute approximate surface area is 638 Å². The summed E-state index contributed by atoms with van der Waals surface area (Å²) in [5, 5.41) is 10.7. The molecule has 6 unspecified atom stereocenters. The molecular weight excluding hydrogens is 1350 g/mol. The van der Waals surface area contributed by atoms with E-state index in [9.17, 15) is 43.2 Å². The predicted molar refractivity (Wildman–Crippen MR) is 428 cm³/mol. The zero-order valence-electron chi connectivity index (χ0n) is 68.7.